The van der Waals surface area contributed by atoms with Crippen LogP contribution in [-0.4, -0.2) is 230 Å². The molecule has 3 rings (SSSR count). The second kappa shape index (κ2) is 43.0. The molecule has 150 heavy (non-hydrogen) atoms. The fraction of sp³-hybridized carbons (Fsp3) is 0.743. The van der Waals surface area contributed by atoms with Crippen molar-refractivity contribution in [3.8, 4) is 34.5 Å². The molecule has 0 aliphatic rings. The second-order valence-corrected chi connectivity index (χ2v) is 31.6. The van der Waals surface area contributed by atoms with Crippen molar-refractivity contribution < 1.29 is 337 Å². The van der Waals surface area contributed by atoms with Gasteiger partial charge in [-0.25, -0.2) is 4.79 Å². The highest BCUT2D eigenvalue weighted by molar-refractivity contribution is 5.90. The number of hydrogen-bond acceptors (Lipinski definition) is 8. The SMILES string of the molecule is CCCCCOC(=O)c1cc(OCc2cc(OCCCCC(F)(F)C(F)(F)C(F)(F)C(F)(F)C(F)(F)C(F)(F)C(F)(F)C(F)(F)F)cc(OCCCCC(F)(F)C(F)(F)C(F)(F)C(F)(F)C(F)(F)C(F)(F)C(F)(F)C(F)(F)F)c2)cc(OCc2cc(OCCCCC(F)(F)C(F)(F)C(F)(F)C(F)(F)C(F)(F)C(F)(F)C(F)(F)C(F)(F)F)cc(OCCCCC(F)(F)C(F)(F)C(F)(F)C(F)(F)C(F)(F)C(F)(F)C(F)(F)C(F)(F)F)c2)c1. The largest absolute Gasteiger partial charge is 0.493 e. The summed E-state index contributed by atoms with van der Waals surface area (Å²) in [5, 5.41) is 0. The standard InChI is InChI=1S/C74H56F68O8/c1-2-3-8-21-148-42(143)35-26-40(149-31-33-22-36(144-17-9-4-13-43(75,76)47(83,84)51(91,92)55(99,100)59(107,108)63(115,116)67(123,124)71(131,132)133)28-37(23-33)145-18-10-5-14-44(77,78)48(85,86)52(93,94)56(101,102)60(109,110)64(117,118)68(125,126)72(134,135)136)30-41(27-35)150-32-34-24-38(146-19-11-6-15-45(79,80)49(87,88)53(95,96)57(103,104)61(111,112)65(119,120)69(127,128)73(137,138)139)29-39(25-34)147-20-12-7-16-46(81,82)50(89,90)54(97,98)58(105,106)62(113,114)66(121,122)70(129,130)74(140,141)142/h22-30H,2-21,31-32H2,1H3. The van der Waals surface area contributed by atoms with E-state index in [0.29, 0.717) is 61.0 Å². The van der Waals surface area contributed by atoms with Crippen molar-refractivity contribution in [2.24, 2.45) is 0 Å². The van der Waals surface area contributed by atoms with Gasteiger partial charge in [-0.3, -0.25) is 0 Å². The minimum Gasteiger partial charge on any atom is -0.493 e. The third-order valence-electron chi connectivity index (χ3n) is 20.6. The number of rotatable bonds is 59. The van der Waals surface area contributed by atoms with Crippen molar-refractivity contribution in [2.75, 3.05) is 33.0 Å². The average Bonchev–Trinajstić information content (AvgIpc) is 0.704. The Morgan fingerprint density at radius 2 is 0.333 bits per heavy atom. The van der Waals surface area contributed by atoms with E-state index in [-0.39, 0.29) is 12.8 Å². The first-order valence-electron chi connectivity index (χ1n) is 39.3. The molecule has 3 aromatic rings. The predicted octanol–water partition coefficient (Wildman–Crippen LogP) is 32.4. The van der Waals surface area contributed by atoms with Crippen LogP contribution >= 0.6 is 0 Å². The Labute approximate surface area is 787 Å². The van der Waals surface area contributed by atoms with Gasteiger partial charge in [-0.2, -0.15) is 299 Å². The van der Waals surface area contributed by atoms with Gasteiger partial charge in [0.1, 0.15) is 47.7 Å². The Hall–Kier alpha value is -8.83. The van der Waals surface area contributed by atoms with Gasteiger partial charge in [-0.1, -0.05) is 19.8 Å². The van der Waals surface area contributed by atoms with Gasteiger partial charge in [0.2, 0.25) is 0 Å². The van der Waals surface area contributed by atoms with Crippen LogP contribution in [0.2, 0.25) is 0 Å². The molecule has 76 heteroatoms. The van der Waals surface area contributed by atoms with Gasteiger partial charge in [-0.15, -0.1) is 0 Å². The van der Waals surface area contributed by atoms with Crippen molar-refractivity contribution in [2.45, 2.75) is 307 Å². The number of hydrogen-bond donors (Lipinski definition) is 0. The van der Waals surface area contributed by atoms with Gasteiger partial charge in [0.25, 0.3) is 0 Å². The van der Waals surface area contributed by atoms with Gasteiger partial charge >= 0.3 is 197 Å². The molecule has 0 atom stereocenters. The maximum absolute atomic E-state index is 14.8. The maximum Gasteiger partial charge on any atom is 0.460 e. The van der Waals surface area contributed by atoms with E-state index in [1.54, 1.807) is 0 Å². The molecule has 0 amide bonds. The predicted molar refractivity (Wildman–Crippen MR) is 358 cm³/mol. The van der Waals surface area contributed by atoms with Gasteiger partial charge in [0, 0.05) is 43.9 Å². The zero-order chi connectivity index (χ0) is 119. The summed E-state index contributed by atoms with van der Waals surface area (Å²) in [6.07, 6.45) is -58.9. The summed E-state index contributed by atoms with van der Waals surface area (Å²) in [4.78, 5) is 13.5. The van der Waals surface area contributed by atoms with E-state index < -0.39 is 371 Å². The zero-order valence-electron chi connectivity index (χ0n) is 71.7. The highest BCUT2D eigenvalue weighted by Gasteiger charge is 3.00. The molecule has 0 fully saturated rings. The minimum atomic E-state index is -9.10. The van der Waals surface area contributed by atoms with Crippen LogP contribution in [-0.2, 0) is 18.0 Å². The number of unbranched alkanes of at least 4 members (excludes halogenated alkanes) is 6. The lowest BCUT2D eigenvalue weighted by atomic mass is 9.88. The lowest BCUT2D eigenvalue weighted by molar-refractivity contribution is -0.461. The molecule has 0 aliphatic carbocycles. The van der Waals surface area contributed by atoms with Crippen LogP contribution in [0.1, 0.15) is 125 Å². The van der Waals surface area contributed by atoms with E-state index in [9.17, 15) is 303 Å². The number of alkyl halides is 68. The summed E-state index contributed by atoms with van der Waals surface area (Å²) in [5.41, 5.74) is -2.37. The molecular formula is C74H56F68O8. The van der Waals surface area contributed by atoms with Crippen LogP contribution in [0.4, 0.5) is 299 Å². The number of ether oxygens (including phenoxy) is 7. The van der Waals surface area contributed by atoms with Crippen LogP contribution in [0, 0.1) is 0 Å². The molecule has 0 aliphatic heterocycles. The van der Waals surface area contributed by atoms with E-state index in [2.05, 4.69) is 0 Å². The number of carbonyl (C=O) groups is 1. The fourth-order valence-corrected chi connectivity index (χ4v) is 11.5. The summed E-state index contributed by atoms with van der Waals surface area (Å²) in [5.74, 6) is -247. The monoisotopic (exact) mass is 2360 g/mol. The highest BCUT2D eigenvalue weighted by atomic mass is 19.5. The van der Waals surface area contributed by atoms with E-state index in [1.807, 2.05) is 0 Å². The van der Waals surface area contributed by atoms with E-state index in [0.717, 1.165) is 0 Å². The van der Waals surface area contributed by atoms with Crippen molar-refractivity contribution >= 4 is 5.97 Å². The summed E-state index contributed by atoms with van der Waals surface area (Å²) in [7, 11) is 0. The topological polar surface area (TPSA) is 81.7 Å². The Kier molecular flexibility index (Phi) is 38.8. The Balaban J connectivity index is 2.27. The van der Waals surface area contributed by atoms with E-state index >= 15 is 0 Å². The van der Waals surface area contributed by atoms with Crippen molar-refractivity contribution in [1.29, 1.82) is 0 Å². The second-order valence-electron chi connectivity index (χ2n) is 31.6. The number of esters is 1. The van der Waals surface area contributed by atoms with Crippen LogP contribution in [0.25, 0.3) is 0 Å². The first kappa shape index (κ1) is 135. The molecule has 0 spiro atoms. The Morgan fingerprint density at radius 3 is 0.500 bits per heavy atom. The molecule has 0 radical (unpaired) electrons. The van der Waals surface area contributed by atoms with Gasteiger partial charge in [0.05, 0.1) is 38.6 Å². The van der Waals surface area contributed by atoms with E-state index in [4.69, 9.17) is 33.2 Å². The Bertz CT molecular complexity index is 4400. The molecule has 8 nitrogen and oxygen atoms in total. The summed E-state index contributed by atoms with van der Waals surface area (Å²) in [6, 6.07) is 4.22. The average molecular weight is 2370 g/mol. The fourth-order valence-electron chi connectivity index (χ4n) is 11.5. The zero-order valence-corrected chi connectivity index (χ0v) is 71.7. The molecular weight excluding hydrogens is 2310 g/mol. The minimum absolute atomic E-state index is 0.0418. The highest BCUT2D eigenvalue weighted by Crippen LogP contribution is 2.71. The van der Waals surface area contributed by atoms with Crippen molar-refractivity contribution in [3.63, 3.8) is 0 Å². The van der Waals surface area contributed by atoms with E-state index in [1.165, 1.54) is 6.92 Å². The third-order valence-corrected chi connectivity index (χ3v) is 20.6. The molecule has 0 bridgehead atoms. The van der Waals surface area contributed by atoms with Crippen LogP contribution in [0.3, 0.4) is 0 Å². The third kappa shape index (κ3) is 23.7. The summed E-state index contributed by atoms with van der Waals surface area (Å²) < 4.78 is 984. The smallest absolute Gasteiger partial charge is 0.460 e. The lowest BCUT2D eigenvalue weighted by Gasteiger charge is -2.42. The molecule has 0 aromatic heterocycles. The Morgan fingerprint density at radius 1 is 0.180 bits per heavy atom. The quantitative estimate of drug-likeness (QED) is 0.0314. The molecule has 3 aromatic carbocycles. The van der Waals surface area contributed by atoms with Gasteiger partial charge in [-0.05, 0) is 105 Å². The van der Waals surface area contributed by atoms with Gasteiger partial charge in [0.15, 0.2) is 0 Å². The van der Waals surface area contributed by atoms with Crippen LogP contribution < -0.4 is 28.4 Å². The molecule has 0 saturated heterocycles. The number of halogens is 68. The first-order chi connectivity index (χ1) is 66.1. The first-order valence-corrected chi connectivity index (χ1v) is 39.3. The molecule has 0 saturated carbocycles. The van der Waals surface area contributed by atoms with Crippen LogP contribution in [0.5, 0.6) is 34.5 Å². The van der Waals surface area contributed by atoms with Gasteiger partial charge < -0.3 is 33.2 Å². The maximum atomic E-state index is 14.8. The van der Waals surface area contributed by atoms with Crippen LogP contribution in [0.15, 0.2) is 54.6 Å². The lowest BCUT2D eigenvalue weighted by Crippen LogP contribution is -2.74. The normalized spacial score (nSPS) is 15.4. The molecule has 0 heterocycles. The van der Waals surface area contributed by atoms with Crippen molar-refractivity contribution in [1.82, 2.24) is 0 Å². The molecule has 0 unspecified atom stereocenters. The van der Waals surface area contributed by atoms with Crippen molar-refractivity contribution in [3.05, 3.63) is 71.3 Å². The number of benzene rings is 3. The summed E-state index contributed by atoms with van der Waals surface area (Å²) in [6.45, 7) is -7.86. The molecule has 0 N–H and O–H groups in total. The number of carbonyl (C=O) groups excluding carboxylic acids is 1. The molecule has 876 valence electrons. The summed E-state index contributed by atoms with van der Waals surface area (Å²) >= 11 is 0.